The van der Waals surface area contributed by atoms with Gasteiger partial charge in [0.1, 0.15) is 5.54 Å². The molecule has 0 bridgehead atoms. The Morgan fingerprint density at radius 2 is 1.75 bits per heavy atom. The van der Waals surface area contributed by atoms with Crippen LogP contribution in [0.2, 0.25) is 0 Å². The maximum absolute atomic E-state index is 11.4. The maximum atomic E-state index is 11.4. The summed E-state index contributed by atoms with van der Waals surface area (Å²) in [5.74, 6) is -0.524. The largest absolute Gasteiger partial charge is 0.368 e. The number of hydrogen-bond acceptors (Lipinski definition) is 2. The van der Waals surface area contributed by atoms with Crippen molar-refractivity contribution in [1.82, 2.24) is 0 Å². The number of carbonyl (C=O) groups is 1. The Kier molecular flexibility index (Phi) is 2.40. The van der Waals surface area contributed by atoms with Gasteiger partial charge in [-0.1, -0.05) is 42.5 Å². The highest BCUT2D eigenvalue weighted by atomic mass is 16.1. The van der Waals surface area contributed by atoms with Gasteiger partial charge in [-0.05, 0) is 23.3 Å². The third-order valence-electron chi connectivity index (χ3n) is 2.86. The first-order valence-corrected chi connectivity index (χ1v) is 5.10. The molecule has 3 heteroatoms. The molecule has 0 aliphatic carbocycles. The number of amides is 1. The summed E-state index contributed by atoms with van der Waals surface area (Å²) in [6.07, 6.45) is 0. The Morgan fingerprint density at radius 3 is 2.44 bits per heavy atom. The van der Waals surface area contributed by atoms with Crippen molar-refractivity contribution in [2.24, 2.45) is 11.5 Å². The lowest BCUT2D eigenvalue weighted by Crippen LogP contribution is -2.46. The van der Waals surface area contributed by atoms with E-state index in [-0.39, 0.29) is 0 Å². The normalized spacial score (nSPS) is 14.6. The Morgan fingerprint density at radius 1 is 1.12 bits per heavy atom. The lowest BCUT2D eigenvalue weighted by atomic mass is 9.88. The lowest BCUT2D eigenvalue weighted by Gasteiger charge is -2.22. The van der Waals surface area contributed by atoms with Crippen molar-refractivity contribution in [2.45, 2.75) is 12.5 Å². The highest BCUT2D eigenvalue weighted by molar-refractivity contribution is 5.94. The van der Waals surface area contributed by atoms with E-state index in [4.69, 9.17) is 11.5 Å². The molecule has 1 atom stereocenters. The molecule has 82 valence electrons. The molecule has 16 heavy (non-hydrogen) atoms. The van der Waals surface area contributed by atoms with Crippen molar-refractivity contribution in [3.63, 3.8) is 0 Å². The number of carbonyl (C=O) groups excluding carboxylic acids is 1. The molecule has 0 aliphatic rings. The third kappa shape index (κ3) is 1.55. The topological polar surface area (TPSA) is 69.1 Å². The van der Waals surface area contributed by atoms with Crippen LogP contribution in [0.25, 0.3) is 10.8 Å². The number of primary amides is 1. The molecule has 0 heterocycles. The van der Waals surface area contributed by atoms with Gasteiger partial charge in [0.25, 0.3) is 0 Å². The fourth-order valence-corrected chi connectivity index (χ4v) is 1.81. The van der Waals surface area contributed by atoms with Gasteiger partial charge in [0.05, 0.1) is 0 Å². The van der Waals surface area contributed by atoms with Crippen LogP contribution in [0.1, 0.15) is 12.5 Å². The van der Waals surface area contributed by atoms with Crippen LogP contribution < -0.4 is 11.5 Å². The van der Waals surface area contributed by atoms with Gasteiger partial charge in [0, 0.05) is 0 Å². The van der Waals surface area contributed by atoms with E-state index in [0.29, 0.717) is 0 Å². The van der Waals surface area contributed by atoms with Gasteiger partial charge in [-0.3, -0.25) is 4.79 Å². The molecule has 2 aromatic carbocycles. The fourth-order valence-electron chi connectivity index (χ4n) is 1.81. The summed E-state index contributed by atoms with van der Waals surface area (Å²) in [5, 5.41) is 2.02. The van der Waals surface area contributed by atoms with E-state index in [1.807, 2.05) is 42.5 Å². The molecule has 1 amide bonds. The summed E-state index contributed by atoms with van der Waals surface area (Å²) in [4.78, 5) is 11.4. The first-order chi connectivity index (χ1) is 7.53. The van der Waals surface area contributed by atoms with Crippen LogP contribution in [0.15, 0.2) is 42.5 Å². The molecule has 0 aromatic heterocycles. The third-order valence-corrected chi connectivity index (χ3v) is 2.86. The van der Waals surface area contributed by atoms with Gasteiger partial charge in [-0.2, -0.15) is 0 Å². The molecule has 2 rings (SSSR count). The smallest absolute Gasteiger partial charge is 0.241 e. The molecule has 0 aliphatic heterocycles. The fraction of sp³-hybridized carbons (Fsp3) is 0.154. The van der Waals surface area contributed by atoms with Crippen LogP contribution in [0.3, 0.4) is 0 Å². The van der Waals surface area contributed by atoms with Crippen molar-refractivity contribution in [3.05, 3.63) is 48.0 Å². The van der Waals surface area contributed by atoms with E-state index >= 15 is 0 Å². The number of nitrogens with two attached hydrogens (primary N) is 2. The van der Waals surface area contributed by atoms with Crippen LogP contribution in [0.5, 0.6) is 0 Å². The first kappa shape index (κ1) is 10.6. The molecule has 1 unspecified atom stereocenters. The Labute approximate surface area is 94.0 Å². The molecular weight excluding hydrogens is 200 g/mol. The lowest BCUT2D eigenvalue weighted by molar-refractivity contribution is -0.122. The zero-order chi connectivity index (χ0) is 11.8. The van der Waals surface area contributed by atoms with Crippen molar-refractivity contribution in [3.8, 4) is 0 Å². The maximum Gasteiger partial charge on any atom is 0.241 e. The summed E-state index contributed by atoms with van der Waals surface area (Å²) in [6, 6.07) is 13.5. The minimum Gasteiger partial charge on any atom is -0.368 e. The van der Waals surface area contributed by atoms with Crippen LogP contribution >= 0.6 is 0 Å². The highest BCUT2D eigenvalue weighted by Gasteiger charge is 2.29. The first-order valence-electron chi connectivity index (χ1n) is 5.10. The van der Waals surface area contributed by atoms with E-state index in [9.17, 15) is 4.79 Å². The van der Waals surface area contributed by atoms with E-state index in [0.717, 1.165) is 16.3 Å². The Hall–Kier alpha value is -1.87. The number of fused-ring (bicyclic) bond motifs is 1. The highest BCUT2D eigenvalue weighted by Crippen LogP contribution is 2.26. The average Bonchev–Trinajstić information content (AvgIpc) is 2.28. The molecule has 0 saturated heterocycles. The van der Waals surface area contributed by atoms with Gasteiger partial charge < -0.3 is 11.5 Å². The van der Waals surface area contributed by atoms with E-state index in [1.165, 1.54) is 0 Å². The minimum atomic E-state index is -1.14. The monoisotopic (exact) mass is 214 g/mol. The molecule has 2 aromatic rings. The summed E-state index contributed by atoms with van der Waals surface area (Å²) in [5.41, 5.74) is 10.9. The van der Waals surface area contributed by atoms with Gasteiger partial charge in [-0.15, -0.1) is 0 Å². The Balaban J connectivity index is 2.74. The summed E-state index contributed by atoms with van der Waals surface area (Å²) in [6.45, 7) is 1.64. The number of rotatable bonds is 2. The van der Waals surface area contributed by atoms with E-state index in [2.05, 4.69) is 0 Å². The van der Waals surface area contributed by atoms with Crippen LogP contribution in [0, 0.1) is 0 Å². The average molecular weight is 214 g/mol. The molecule has 0 radical (unpaired) electrons. The summed E-state index contributed by atoms with van der Waals surface area (Å²) in [7, 11) is 0. The van der Waals surface area contributed by atoms with Crippen molar-refractivity contribution in [2.75, 3.05) is 0 Å². The standard InChI is InChI=1S/C13H14N2O/c1-13(15,12(14)16)11-8-4-6-9-5-2-3-7-10(9)11/h2-8H,15H2,1H3,(H2,14,16). The number of benzene rings is 2. The van der Waals surface area contributed by atoms with Crippen LogP contribution in [0.4, 0.5) is 0 Å². The molecular formula is C13H14N2O. The second-order valence-electron chi connectivity index (χ2n) is 4.09. The quantitative estimate of drug-likeness (QED) is 0.795. The molecule has 0 spiro atoms. The summed E-state index contributed by atoms with van der Waals surface area (Å²) >= 11 is 0. The predicted octanol–water partition coefficient (Wildman–Crippen LogP) is 1.50. The molecule has 4 N–H and O–H groups in total. The second kappa shape index (κ2) is 3.61. The van der Waals surface area contributed by atoms with Gasteiger partial charge in [0.15, 0.2) is 0 Å². The second-order valence-corrected chi connectivity index (χ2v) is 4.09. The molecule has 0 saturated carbocycles. The molecule has 3 nitrogen and oxygen atoms in total. The SMILES string of the molecule is CC(N)(C(N)=O)c1cccc2ccccc12. The minimum absolute atomic E-state index is 0.524. The molecule has 0 fully saturated rings. The van der Waals surface area contributed by atoms with Crippen LogP contribution in [-0.4, -0.2) is 5.91 Å². The summed E-state index contributed by atoms with van der Waals surface area (Å²) < 4.78 is 0. The van der Waals surface area contributed by atoms with Gasteiger partial charge in [-0.25, -0.2) is 0 Å². The van der Waals surface area contributed by atoms with Crippen molar-refractivity contribution >= 4 is 16.7 Å². The van der Waals surface area contributed by atoms with Crippen molar-refractivity contribution in [1.29, 1.82) is 0 Å². The van der Waals surface area contributed by atoms with E-state index < -0.39 is 11.4 Å². The zero-order valence-electron chi connectivity index (χ0n) is 9.10. The van der Waals surface area contributed by atoms with Crippen molar-refractivity contribution < 1.29 is 4.79 Å². The van der Waals surface area contributed by atoms with Gasteiger partial charge >= 0.3 is 0 Å². The number of hydrogen-bond donors (Lipinski definition) is 2. The van der Waals surface area contributed by atoms with Crippen LogP contribution in [-0.2, 0) is 10.3 Å². The van der Waals surface area contributed by atoms with E-state index in [1.54, 1.807) is 6.92 Å². The zero-order valence-corrected chi connectivity index (χ0v) is 9.10. The predicted molar refractivity (Wildman–Crippen MR) is 64.7 cm³/mol. The van der Waals surface area contributed by atoms with Gasteiger partial charge in [0.2, 0.25) is 5.91 Å². The Bertz CT molecular complexity index is 541.